The van der Waals surface area contributed by atoms with Crippen molar-refractivity contribution in [2.75, 3.05) is 7.11 Å². The van der Waals surface area contributed by atoms with Crippen LogP contribution in [0.4, 0.5) is 0 Å². The third kappa shape index (κ3) is 3.06. The van der Waals surface area contributed by atoms with Crippen LogP contribution in [-0.4, -0.2) is 21.8 Å². The fourth-order valence-corrected chi connectivity index (χ4v) is 3.04. The first-order valence-electron chi connectivity index (χ1n) is 8.04. The third-order valence-electron chi connectivity index (χ3n) is 4.08. The van der Waals surface area contributed by atoms with Gasteiger partial charge in [-0.05, 0) is 48.6 Å². The van der Waals surface area contributed by atoms with Crippen molar-refractivity contribution in [2.24, 2.45) is 9.98 Å². The Bertz CT molecular complexity index is 1270. The molecule has 27 heavy (non-hydrogen) atoms. The van der Waals surface area contributed by atoms with Gasteiger partial charge in [0.15, 0.2) is 10.6 Å². The Hall–Kier alpha value is -3.52. The van der Waals surface area contributed by atoms with Crippen molar-refractivity contribution in [3.63, 3.8) is 0 Å². The molecule has 0 saturated heterocycles. The molecular weight excluding hydrogens is 364 g/mol. The minimum absolute atomic E-state index is 0.0229. The lowest BCUT2D eigenvalue weighted by atomic mass is 10.2. The Kier molecular flexibility index (Phi) is 4.17. The van der Waals surface area contributed by atoms with Crippen LogP contribution >= 0.6 is 12.2 Å². The number of fused-ring (bicyclic) bond motifs is 1. The highest BCUT2D eigenvalue weighted by Crippen LogP contribution is 2.23. The molecule has 0 saturated carbocycles. The van der Waals surface area contributed by atoms with Crippen molar-refractivity contribution in [3.8, 4) is 17.3 Å². The van der Waals surface area contributed by atoms with E-state index in [1.54, 1.807) is 31.4 Å². The number of nitrogens with zero attached hydrogens (tertiary/aromatic N) is 3. The van der Waals surface area contributed by atoms with Gasteiger partial charge in [0.2, 0.25) is 5.88 Å². The van der Waals surface area contributed by atoms with E-state index >= 15 is 0 Å². The summed E-state index contributed by atoms with van der Waals surface area (Å²) in [5, 5.41) is 12.1. The second-order valence-electron chi connectivity index (χ2n) is 5.74. The summed E-state index contributed by atoms with van der Waals surface area (Å²) in [6.07, 6.45) is 1.43. The maximum atomic E-state index is 12.4. The fraction of sp³-hybridized carbons (Fsp3) is 0.0526. The van der Waals surface area contributed by atoms with Crippen LogP contribution in [0.2, 0.25) is 0 Å². The molecule has 0 bridgehead atoms. The Labute approximate surface area is 158 Å². The van der Waals surface area contributed by atoms with E-state index in [9.17, 15) is 9.90 Å². The second-order valence-corrected chi connectivity index (χ2v) is 6.13. The summed E-state index contributed by atoms with van der Waals surface area (Å²) in [7, 11) is 1.56. The first-order valence-corrected chi connectivity index (χ1v) is 8.44. The Morgan fingerprint density at radius 2 is 1.74 bits per heavy atom. The Morgan fingerprint density at radius 3 is 2.33 bits per heavy atom. The van der Waals surface area contributed by atoms with E-state index in [4.69, 9.17) is 17.0 Å². The molecule has 0 unspecified atom stereocenters. The highest BCUT2D eigenvalue weighted by atomic mass is 32.1. The van der Waals surface area contributed by atoms with Crippen molar-refractivity contribution >= 4 is 18.3 Å². The summed E-state index contributed by atoms with van der Waals surface area (Å²) in [6.45, 7) is 0. The molecule has 1 aliphatic heterocycles. The van der Waals surface area contributed by atoms with Crippen LogP contribution in [0.25, 0.3) is 11.8 Å². The molecule has 2 aromatic carbocycles. The number of H-pyrrole nitrogens is 1. The number of ether oxygens (including phenoxy) is 1. The number of aromatic hydroxyl groups is 1. The van der Waals surface area contributed by atoms with Crippen molar-refractivity contribution < 1.29 is 9.84 Å². The van der Waals surface area contributed by atoms with E-state index in [-0.39, 0.29) is 16.2 Å². The smallest absolute Gasteiger partial charge is 0.262 e. The summed E-state index contributed by atoms with van der Waals surface area (Å²) < 4.78 is 6.58. The van der Waals surface area contributed by atoms with Gasteiger partial charge in [-0.25, -0.2) is 9.98 Å². The zero-order chi connectivity index (χ0) is 19.0. The highest BCUT2D eigenvalue weighted by molar-refractivity contribution is 7.71. The lowest BCUT2D eigenvalue weighted by Crippen LogP contribution is -2.19. The van der Waals surface area contributed by atoms with Gasteiger partial charge in [0, 0.05) is 6.08 Å². The number of hydrogen-bond acceptors (Lipinski definition) is 6. The minimum Gasteiger partial charge on any atom is -0.497 e. The Balaban J connectivity index is 1.88. The van der Waals surface area contributed by atoms with Gasteiger partial charge in [-0.1, -0.05) is 12.1 Å². The van der Waals surface area contributed by atoms with Crippen molar-refractivity contribution in [2.45, 2.75) is 0 Å². The maximum Gasteiger partial charge on any atom is 0.262 e. The zero-order valence-electron chi connectivity index (χ0n) is 14.2. The van der Waals surface area contributed by atoms with Gasteiger partial charge in [-0.15, -0.1) is 0 Å². The number of benzene rings is 2. The summed E-state index contributed by atoms with van der Waals surface area (Å²) in [5.41, 5.74) is 0.0867. The van der Waals surface area contributed by atoms with Crippen LogP contribution in [0.15, 0.2) is 69.1 Å². The van der Waals surface area contributed by atoms with Crippen LogP contribution in [0.3, 0.4) is 0 Å². The molecule has 7 nitrogen and oxygen atoms in total. The third-order valence-corrected chi connectivity index (χ3v) is 4.36. The molecule has 2 heterocycles. The molecule has 0 atom stereocenters. The van der Waals surface area contributed by atoms with E-state index < -0.39 is 5.56 Å². The van der Waals surface area contributed by atoms with Gasteiger partial charge in [0.05, 0.1) is 23.5 Å². The van der Waals surface area contributed by atoms with Crippen LogP contribution < -0.4 is 21.0 Å². The molecule has 134 valence electrons. The van der Waals surface area contributed by atoms with Gasteiger partial charge in [0.1, 0.15) is 11.3 Å². The summed E-state index contributed by atoms with van der Waals surface area (Å²) in [4.78, 5) is 23.6. The number of aromatic nitrogens is 2. The average molecular weight is 378 g/mol. The van der Waals surface area contributed by atoms with Gasteiger partial charge < -0.3 is 9.84 Å². The van der Waals surface area contributed by atoms with Gasteiger partial charge in [-0.3, -0.25) is 14.3 Å². The largest absolute Gasteiger partial charge is 0.497 e. The molecule has 3 aromatic rings. The molecular formula is C19H14N4O3S. The second kappa shape index (κ2) is 6.65. The topological polar surface area (TPSA) is 92.0 Å². The first-order chi connectivity index (χ1) is 13.1. The predicted molar refractivity (Wildman–Crippen MR) is 102 cm³/mol. The molecule has 0 fully saturated rings. The highest BCUT2D eigenvalue weighted by Gasteiger charge is 2.14. The zero-order valence-corrected chi connectivity index (χ0v) is 15.0. The lowest BCUT2D eigenvalue weighted by Gasteiger charge is -2.12. The summed E-state index contributed by atoms with van der Waals surface area (Å²) in [6, 6.07) is 14.3. The number of methoxy groups -OCH3 is 1. The standard InChI is InChI=1S/C19H14N4O3S/c1-26-12-8-6-11(7-9-12)23-18(25)13(17(24)22-19(23)27)10-16-20-14-4-2-3-5-15(14)21-16/h2-10,25H,1H3,(H,22,24,27). The predicted octanol–water partition coefficient (Wildman–Crippen LogP) is 1.86. The molecule has 0 radical (unpaired) electrons. The number of rotatable bonds is 3. The molecule has 8 heteroatoms. The maximum absolute atomic E-state index is 12.4. The van der Waals surface area contributed by atoms with Crippen molar-refractivity contribution in [3.05, 3.63) is 85.8 Å². The van der Waals surface area contributed by atoms with Crippen molar-refractivity contribution in [1.82, 2.24) is 9.55 Å². The molecule has 0 spiro atoms. The summed E-state index contributed by atoms with van der Waals surface area (Å²) >= 11 is 5.22. The minimum atomic E-state index is -0.517. The lowest BCUT2D eigenvalue weighted by molar-refractivity contribution is 0.414. The normalized spacial score (nSPS) is 12.1. The van der Waals surface area contributed by atoms with Crippen LogP contribution in [0.1, 0.15) is 5.56 Å². The number of nitrogens with one attached hydrogen (secondary N) is 1. The molecule has 0 aliphatic carbocycles. The van der Waals surface area contributed by atoms with E-state index in [2.05, 4.69) is 15.0 Å². The van der Waals surface area contributed by atoms with E-state index in [1.165, 1.54) is 10.6 Å². The van der Waals surface area contributed by atoms with Gasteiger partial charge >= 0.3 is 0 Å². The van der Waals surface area contributed by atoms with Crippen molar-refractivity contribution in [1.29, 1.82) is 0 Å². The van der Waals surface area contributed by atoms with Crippen LogP contribution in [0.5, 0.6) is 11.6 Å². The monoisotopic (exact) mass is 378 g/mol. The quantitative estimate of drug-likeness (QED) is 0.681. The molecule has 0 amide bonds. The number of aromatic amines is 1. The summed E-state index contributed by atoms with van der Waals surface area (Å²) in [5.74, 6) is 0.705. The van der Waals surface area contributed by atoms with E-state index in [0.29, 0.717) is 28.0 Å². The molecule has 2 N–H and O–H groups in total. The van der Waals surface area contributed by atoms with Gasteiger partial charge in [-0.2, -0.15) is 0 Å². The Morgan fingerprint density at radius 1 is 1.11 bits per heavy atom. The molecule has 1 aromatic heterocycles. The van der Waals surface area contributed by atoms with Crippen LogP contribution in [0, 0.1) is 4.77 Å². The molecule has 4 rings (SSSR count). The molecule has 1 aliphatic rings. The number of para-hydroxylation sites is 2. The van der Waals surface area contributed by atoms with Crippen LogP contribution in [-0.2, 0) is 0 Å². The first kappa shape index (κ1) is 16.9. The van der Waals surface area contributed by atoms with Gasteiger partial charge in [0.25, 0.3) is 5.56 Å². The van der Waals surface area contributed by atoms with E-state index in [1.807, 2.05) is 24.3 Å². The number of hydrogen-bond donors (Lipinski definition) is 2. The van der Waals surface area contributed by atoms with E-state index in [0.717, 1.165) is 0 Å². The fourth-order valence-electron chi connectivity index (χ4n) is 2.76. The average Bonchev–Trinajstić information content (AvgIpc) is 3.08. The SMILES string of the molecule is COc1ccc(-n2c(O)c(C=C3N=c4ccccc4=N3)c(=O)[nH]c2=S)cc1.